The zero-order valence-electron chi connectivity index (χ0n) is 11.9. The van der Waals surface area contributed by atoms with Crippen molar-refractivity contribution in [2.45, 2.75) is 19.9 Å². The van der Waals surface area contributed by atoms with Crippen molar-refractivity contribution in [2.75, 3.05) is 19.1 Å². The second kappa shape index (κ2) is 6.95. The van der Waals surface area contributed by atoms with Crippen molar-refractivity contribution in [1.29, 1.82) is 0 Å². The lowest BCUT2D eigenvalue weighted by molar-refractivity contribution is -0.117. The summed E-state index contributed by atoms with van der Waals surface area (Å²) in [5, 5.41) is 0. The predicted molar refractivity (Wildman–Crippen MR) is 85.6 cm³/mol. The van der Waals surface area contributed by atoms with E-state index in [1.54, 1.807) is 18.9 Å². The molecule has 0 saturated heterocycles. The molecule has 0 unspecified atom stereocenters. The van der Waals surface area contributed by atoms with Crippen LogP contribution in [0.25, 0.3) is 10.2 Å². The first kappa shape index (κ1) is 15.1. The van der Waals surface area contributed by atoms with Gasteiger partial charge in [-0.2, -0.15) is 16.8 Å². The Bertz CT molecular complexity index is 673. The highest BCUT2D eigenvalue weighted by molar-refractivity contribution is 7.98. The molecule has 0 fully saturated rings. The Kier molecular flexibility index (Phi) is 5.25. The Hall–Kier alpha value is -1.27. The predicted octanol–water partition coefficient (Wildman–Crippen LogP) is 2.91. The lowest BCUT2D eigenvalue weighted by atomic mass is 10.3. The minimum Gasteiger partial charge on any atom is -0.497 e. The number of methoxy groups -OCH3 is 1. The number of aromatic nitrogens is 1. The van der Waals surface area contributed by atoms with Crippen LogP contribution in [0.1, 0.15) is 13.3 Å². The van der Waals surface area contributed by atoms with Gasteiger partial charge in [-0.25, -0.2) is 0 Å². The van der Waals surface area contributed by atoms with Gasteiger partial charge >= 0.3 is 0 Å². The van der Waals surface area contributed by atoms with E-state index in [4.69, 9.17) is 4.74 Å². The first-order valence-electron chi connectivity index (χ1n) is 6.43. The van der Waals surface area contributed by atoms with E-state index in [0.29, 0.717) is 6.42 Å². The molecule has 0 aliphatic rings. The van der Waals surface area contributed by atoms with Gasteiger partial charge < -0.3 is 9.30 Å². The average molecular weight is 310 g/mol. The van der Waals surface area contributed by atoms with Crippen LogP contribution in [0.3, 0.4) is 0 Å². The second-order valence-corrected chi connectivity index (χ2v) is 6.22. The van der Waals surface area contributed by atoms with E-state index in [2.05, 4.69) is 15.8 Å². The van der Waals surface area contributed by atoms with Crippen LogP contribution in [0, 0.1) is 0 Å². The summed E-state index contributed by atoms with van der Waals surface area (Å²) in [4.78, 5) is 16.6. The van der Waals surface area contributed by atoms with E-state index < -0.39 is 0 Å². The molecule has 0 radical (unpaired) electrons. The zero-order valence-corrected chi connectivity index (χ0v) is 13.5. The Balaban J connectivity index is 2.59. The minimum atomic E-state index is -0.0820. The van der Waals surface area contributed by atoms with Gasteiger partial charge in [-0.05, 0) is 24.5 Å². The third-order valence-electron chi connectivity index (χ3n) is 2.93. The van der Waals surface area contributed by atoms with Gasteiger partial charge in [-0.3, -0.25) is 4.79 Å². The number of carbonyl (C=O) groups is 1. The maximum atomic E-state index is 11.6. The summed E-state index contributed by atoms with van der Waals surface area (Å²) in [6.45, 7) is 2.68. The molecule has 0 saturated carbocycles. The van der Waals surface area contributed by atoms with Gasteiger partial charge in [-0.1, -0.05) is 18.3 Å². The second-order valence-electron chi connectivity index (χ2n) is 4.22. The lowest BCUT2D eigenvalue weighted by Gasteiger charge is -2.04. The van der Waals surface area contributed by atoms with Gasteiger partial charge in [-0.15, -0.1) is 0 Å². The standard InChI is InChI=1S/C14H18N2O2S2/c1-4-13(17)15-14-16(7-8-19-3)11-6-5-10(18-2)9-12(11)20-14/h5-6,9H,4,7-8H2,1-3H3. The van der Waals surface area contributed by atoms with E-state index in [1.807, 2.05) is 25.1 Å². The molecule has 0 aliphatic heterocycles. The number of benzene rings is 1. The number of thioether (sulfide) groups is 1. The summed E-state index contributed by atoms with van der Waals surface area (Å²) in [7, 11) is 1.66. The number of hydrogen-bond acceptors (Lipinski definition) is 4. The van der Waals surface area contributed by atoms with Crippen LogP contribution < -0.4 is 9.54 Å². The summed E-state index contributed by atoms with van der Waals surface area (Å²) >= 11 is 3.32. The smallest absolute Gasteiger partial charge is 0.248 e. The highest BCUT2D eigenvalue weighted by atomic mass is 32.2. The zero-order chi connectivity index (χ0) is 14.5. The molecule has 6 heteroatoms. The number of rotatable bonds is 5. The van der Waals surface area contributed by atoms with Gasteiger partial charge in [0.2, 0.25) is 5.91 Å². The molecule has 1 aromatic heterocycles. The molecule has 1 aromatic carbocycles. The van der Waals surface area contributed by atoms with Crippen molar-refractivity contribution in [3.8, 4) is 5.75 Å². The SMILES string of the molecule is CCC(=O)N=c1sc2cc(OC)ccc2n1CCSC. The first-order chi connectivity index (χ1) is 9.69. The van der Waals surface area contributed by atoms with Crippen molar-refractivity contribution in [1.82, 2.24) is 4.57 Å². The highest BCUT2D eigenvalue weighted by Crippen LogP contribution is 2.23. The van der Waals surface area contributed by atoms with Crippen molar-refractivity contribution in [3.63, 3.8) is 0 Å². The van der Waals surface area contributed by atoms with Crippen LogP contribution in [0.2, 0.25) is 0 Å². The molecule has 108 valence electrons. The van der Waals surface area contributed by atoms with Gasteiger partial charge in [0, 0.05) is 18.7 Å². The summed E-state index contributed by atoms with van der Waals surface area (Å²) in [5.74, 6) is 1.73. The number of carbonyl (C=O) groups excluding carboxylic acids is 1. The third-order valence-corrected chi connectivity index (χ3v) is 4.56. The topological polar surface area (TPSA) is 43.6 Å². The summed E-state index contributed by atoms with van der Waals surface area (Å²) in [6.07, 6.45) is 2.51. The Morgan fingerprint density at radius 3 is 2.95 bits per heavy atom. The molecule has 0 atom stereocenters. The van der Waals surface area contributed by atoms with E-state index in [-0.39, 0.29) is 5.91 Å². The first-order valence-corrected chi connectivity index (χ1v) is 8.64. The Labute approximate surface area is 126 Å². The molecule has 4 nitrogen and oxygen atoms in total. The molecule has 0 bridgehead atoms. The van der Waals surface area contributed by atoms with Crippen LogP contribution in [-0.2, 0) is 11.3 Å². The fourth-order valence-corrected chi connectivity index (χ4v) is 3.32. The maximum Gasteiger partial charge on any atom is 0.248 e. The monoisotopic (exact) mass is 310 g/mol. The van der Waals surface area contributed by atoms with Crippen LogP contribution >= 0.6 is 23.1 Å². The van der Waals surface area contributed by atoms with Crippen molar-refractivity contribution in [2.24, 2.45) is 4.99 Å². The molecule has 2 rings (SSSR count). The minimum absolute atomic E-state index is 0.0820. The fraction of sp³-hybridized carbons (Fsp3) is 0.429. The molecular formula is C14H18N2O2S2. The number of amides is 1. The summed E-state index contributed by atoms with van der Waals surface area (Å²) < 4.78 is 8.46. The molecule has 0 spiro atoms. The van der Waals surface area contributed by atoms with Gasteiger partial charge in [0.25, 0.3) is 0 Å². The summed E-state index contributed by atoms with van der Waals surface area (Å²) in [6, 6.07) is 5.96. The Morgan fingerprint density at radius 1 is 1.50 bits per heavy atom. The van der Waals surface area contributed by atoms with Crippen molar-refractivity contribution < 1.29 is 9.53 Å². The highest BCUT2D eigenvalue weighted by Gasteiger charge is 2.08. The van der Waals surface area contributed by atoms with Crippen LogP contribution in [0.15, 0.2) is 23.2 Å². The van der Waals surface area contributed by atoms with E-state index in [0.717, 1.165) is 33.1 Å². The van der Waals surface area contributed by atoms with E-state index in [1.165, 1.54) is 11.3 Å². The Morgan fingerprint density at radius 2 is 2.30 bits per heavy atom. The van der Waals surface area contributed by atoms with Crippen molar-refractivity contribution in [3.05, 3.63) is 23.0 Å². The molecule has 20 heavy (non-hydrogen) atoms. The molecule has 2 aromatic rings. The van der Waals surface area contributed by atoms with Crippen LogP contribution in [0.4, 0.5) is 0 Å². The van der Waals surface area contributed by atoms with Gasteiger partial charge in [0.15, 0.2) is 4.80 Å². The normalized spacial score (nSPS) is 12.1. The number of ether oxygens (including phenoxy) is 1. The molecule has 0 aliphatic carbocycles. The number of thiazole rings is 1. The van der Waals surface area contributed by atoms with Gasteiger partial charge in [0.05, 0.1) is 17.3 Å². The molecule has 1 amide bonds. The molecule has 1 heterocycles. The molecular weight excluding hydrogens is 292 g/mol. The fourth-order valence-electron chi connectivity index (χ4n) is 1.85. The van der Waals surface area contributed by atoms with Crippen LogP contribution in [-0.4, -0.2) is 29.6 Å². The average Bonchev–Trinajstić information content (AvgIpc) is 2.80. The maximum absolute atomic E-state index is 11.6. The van der Waals surface area contributed by atoms with Crippen LogP contribution in [0.5, 0.6) is 5.75 Å². The van der Waals surface area contributed by atoms with E-state index in [9.17, 15) is 4.79 Å². The number of hydrogen-bond donors (Lipinski definition) is 0. The number of fused-ring (bicyclic) bond motifs is 1. The van der Waals surface area contributed by atoms with Crippen molar-refractivity contribution >= 4 is 39.2 Å². The quantitative estimate of drug-likeness (QED) is 0.853. The largest absolute Gasteiger partial charge is 0.497 e. The third kappa shape index (κ3) is 3.24. The van der Waals surface area contributed by atoms with Gasteiger partial charge in [0.1, 0.15) is 5.75 Å². The number of nitrogens with zero attached hydrogens (tertiary/aromatic N) is 2. The molecule has 0 N–H and O–H groups in total. The number of aryl methyl sites for hydroxylation is 1. The summed E-state index contributed by atoms with van der Waals surface area (Å²) in [5.41, 5.74) is 1.10. The van der Waals surface area contributed by atoms with E-state index >= 15 is 0 Å². The lowest BCUT2D eigenvalue weighted by Crippen LogP contribution is -2.17.